The lowest BCUT2D eigenvalue weighted by Crippen LogP contribution is -2.48. The number of anilines is 1. The number of halogens is 3. The third-order valence-electron chi connectivity index (χ3n) is 3.21. The highest BCUT2D eigenvalue weighted by atomic mass is 19.4. The van der Waals surface area contributed by atoms with E-state index in [0.29, 0.717) is 38.5 Å². The van der Waals surface area contributed by atoms with E-state index in [4.69, 9.17) is 5.84 Å². The SMILES string of the molecule is NNc1cccc(CN2CCN(CC(F)(F)F)CC2)n1. The first-order valence-electron chi connectivity index (χ1n) is 6.40. The third-order valence-corrected chi connectivity index (χ3v) is 3.21. The largest absolute Gasteiger partial charge is 0.401 e. The Kier molecular flexibility index (Phi) is 4.79. The summed E-state index contributed by atoms with van der Waals surface area (Å²) < 4.78 is 36.9. The minimum Gasteiger partial charge on any atom is -0.308 e. The van der Waals surface area contributed by atoms with Crippen molar-refractivity contribution in [3.63, 3.8) is 0 Å². The van der Waals surface area contributed by atoms with Crippen molar-refractivity contribution in [2.24, 2.45) is 5.84 Å². The number of piperazine rings is 1. The van der Waals surface area contributed by atoms with Gasteiger partial charge in [0.2, 0.25) is 0 Å². The molecule has 1 aliphatic rings. The van der Waals surface area contributed by atoms with Crippen LogP contribution in [-0.4, -0.2) is 53.7 Å². The van der Waals surface area contributed by atoms with E-state index in [0.717, 1.165) is 5.69 Å². The van der Waals surface area contributed by atoms with Crippen molar-refractivity contribution in [2.75, 3.05) is 38.1 Å². The van der Waals surface area contributed by atoms with Crippen molar-refractivity contribution in [1.82, 2.24) is 14.8 Å². The highest BCUT2D eigenvalue weighted by Gasteiger charge is 2.32. The van der Waals surface area contributed by atoms with Crippen LogP contribution in [0.1, 0.15) is 5.69 Å². The number of nitrogens with zero attached hydrogens (tertiary/aromatic N) is 3. The Morgan fingerprint density at radius 2 is 1.80 bits per heavy atom. The second kappa shape index (κ2) is 6.38. The second-order valence-corrected chi connectivity index (χ2v) is 4.83. The number of nitrogens with two attached hydrogens (primary N) is 1. The van der Waals surface area contributed by atoms with Crippen LogP contribution in [0.15, 0.2) is 18.2 Å². The maximum absolute atomic E-state index is 12.3. The smallest absolute Gasteiger partial charge is 0.308 e. The molecule has 0 aromatic carbocycles. The zero-order valence-corrected chi connectivity index (χ0v) is 11.0. The van der Waals surface area contributed by atoms with Crippen molar-refractivity contribution in [3.05, 3.63) is 23.9 Å². The molecule has 1 saturated heterocycles. The maximum atomic E-state index is 12.3. The lowest BCUT2D eigenvalue weighted by Gasteiger charge is -2.34. The molecule has 0 amide bonds. The maximum Gasteiger partial charge on any atom is 0.401 e. The Balaban J connectivity index is 1.82. The summed E-state index contributed by atoms with van der Waals surface area (Å²) >= 11 is 0. The summed E-state index contributed by atoms with van der Waals surface area (Å²) in [6.07, 6.45) is -4.12. The zero-order valence-electron chi connectivity index (χ0n) is 11.0. The van der Waals surface area contributed by atoms with E-state index in [9.17, 15) is 13.2 Å². The van der Waals surface area contributed by atoms with Crippen LogP contribution in [0.3, 0.4) is 0 Å². The van der Waals surface area contributed by atoms with Gasteiger partial charge in [-0.05, 0) is 12.1 Å². The molecule has 0 bridgehead atoms. The highest BCUT2D eigenvalue weighted by Crippen LogP contribution is 2.18. The van der Waals surface area contributed by atoms with E-state index in [1.165, 1.54) is 4.90 Å². The van der Waals surface area contributed by atoms with Crippen LogP contribution < -0.4 is 11.3 Å². The summed E-state index contributed by atoms with van der Waals surface area (Å²) in [4.78, 5) is 7.82. The molecule has 2 rings (SSSR count). The summed E-state index contributed by atoms with van der Waals surface area (Å²) in [6.45, 7) is 1.86. The van der Waals surface area contributed by atoms with Gasteiger partial charge in [0.1, 0.15) is 5.82 Å². The molecular formula is C12H18F3N5. The van der Waals surface area contributed by atoms with Crippen molar-refractivity contribution in [3.8, 4) is 0 Å². The molecule has 3 N–H and O–H groups in total. The molecule has 0 unspecified atom stereocenters. The Morgan fingerprint density at radius 1 is 1.15 bits per heavy atom. The van der Waals surface area contributed by atoms with E-state index in [2.05, 4.69) is 15.3 Å². The van der Waals surface area contributed by atoms with Crippen molar-refractivity contribution in [2.45, 2.75) is 12.7 Å². The first-order valence-corrected chi connectivity index (χ1v) is 6.40. The van der Waals surface area contributed by atoms with Gasteiger partial charge in [0.05, 0.1) is 12.2 Å². The summed E-state index contributed by atoms with van der Waals surface area (Å²) in [5.41, 5.74) is 3.33. The molecule has 112 valence electrons. The third kappa shape index (κ3) is 4.62. The van der Waals surface area contributed by atoms with Gasteiger partial charge >= 0.3 is 6.18 Å². The Bertz CT molecular complexity index is 429. The van der Waals surface area contributed by atoms with E-state index < -0.39 is 12.7 Å². The monoisotopic (exact) mass is 289 g/mol. The van der Waals surface area contributed by atoms with Crippen molar-refractivity contribution in [1.29, 1.82) is 0 Å². The van der Waals surface area contributed by atoms with Crippen molar-refractivity contribution < 1.29 is 13.2 Å². The number of alkyl halides is 3. The Labute approximate surface area is 115 Å². The average Bonchev–Trinajstić information content (AvgIpc) is 2.40. The van der Waals surface area contributed by atoms with E-state index >= 15 is 0 Å². The quantitative estimate of drug-likeness (QED) is 0.641. The van der Waals surface area contributed by atoms with Crippen LogP contribution in [-0.2, 0) is 6.54 Å². The summed E-state index contributed by atoms with van der Waals surface area (Å²) in [7, 11) is 0. The van der Waals surface area contributed by atoms with Gasteiger partial charge in [-0.15, -0.1) is 0 Å². The number of aromatic nitrogens is 1. The Hall–Kier alpha value is -1.38. The molecule has 1 aromatic rings. The number of pyridine rings is 1. The molecule has 0 saturated carbocycles. The van der Waals surface area contributed by atoms with Crippen LogP contribution >= 0.6 is 0 Å². The van der Waals surface area contributed by atoms with Crippen molar-refractivity contribution >= 4 is 5.82 Å². The fourth-order valence-corrected chi connectivity index (χ4v) is 2.24. The number of rotatable bonds is 4. The molecule has 1 aliphatic heterocycles. The minimum atomic E-state index is -4.12. The molecule has 1 aromatic heterocycles. The number of nitrogen functional groups attached to an aromatic ring is 1. The van der Waals surface area contributed by atoms with Crippen LogP contribution in [0.5, 0.6) is 0 Å². The number of hydrogen-bond donors (Lipinski definition) is 2. The van der Waals surface area contributed by atoms with E-state index in [1.54, 1.807) is 6.07 Å². The molecule has 0 radical (unpaired) electrons. The Morgan fingerprint density at radius 3 is 2.40 bits per heavy atom. The molecule has 1 fully saturated rings. The van der Waals surface area contributed by atoms with Gasteiger partial charge in [0, 0.05) is 32.7 Å². The van der Waals surface area contributed by atoms with E-state index in [1.807, 2.05) is 12.1 Å². The van der Waals surface area contributed by atoms with Crippen LogP contribution in [0, 0.1) is 0 Å². The van der Waals surface area contributed by atoms with Gasteiger partial charge in [-0.2, -0.15) is 13.2 Å². The molecule has 20 heavy (non-hydrogen) atoms. The van der Waals surface area contributed by atoms with Gasteiger partial charge in [-0.1, -0.05) is 6.07 Å². The molecule has 0 atom stereocenters. The van der Waals surface area contributed by atoms with Crippen LogP contribution in [0.25, 0.3) is 0 Å². The van der Waals surface area contributed by atoms with Gasteiger partial charge in [0.25, 0.3) is 0 Å². The fraction of sp³-hybridized carbons (Fsp3) is 0.583. The molecule has 0 spiro atoms. The first kappa shape index (κ1) is 15.0. The predicted octanol–water partition coefficient (Wildman–Crippen LogP) is 1.05. The molecule has 2 heterocycles. The van der Waals surface area contributed by atoms with Gasteiger partial charge in [-0.3, -0.25) is 9.80 Å². The van der Waals surface area contributed by atoms with Crippen LogP contribution in [0.2, 0.25) is 0 Å². The highest BCUT2D eigenvalue weighted by molar-refractivity contribution is 5.33. The molecule has 5 nitrogen and oxygen atoms in total. The van der Waals surface area contributed by atoms with Gasteiger partial charge < -0.3 is 5.43 Å². The van der Waals surface area contributed by atoms with Gasteiger partial charge in [0.15, 0.2) is 0 Å². The summed E-state index contributed by atoms with van der Waals surface area (Å²) in [6, 6.07) is 5.48. The molecular weight excluding hydrogens is 271 g/mol. The zero-order chi connectivity index (χ0) is 14.6. The fourth-order valence-electron chi connectivity index (χ4n) is 2.24. The van der Waals surface area contributed by atoms with Gasteiger partial charge in [-0.25, -0.2) is 10.8 Å². The summed E-state index contributed by atoms with van der Waals surface area (Å²) in [5.74, 6) is 5.87. The van der Waals surface area contributed by atoms with Crippen LogP contribution in [0.4, 0.5) is 19.0 Å². The number of hydrogen-bond acceptors (Lipinski definition) is 5. The minimum absolute atomic E-state index is 0.425. The first-order chi connectivity index (χ1) is 9.46. The standard InChI is InChI=1S/C12H18F3N5/c13-12(14,15)9-20-6-4-19(5-7-20)8-10-2-1-3-11(17-10)18-16/h1-3H,4-9,16H2,(H,17,18). The topological polar surface area (TPSA) is 57.4 Å². The normalized spacial score (nSPS) is 18.2. The average molecular weight is 289 g/mol. The van der Waals surface area contributed by atoms with E-state index in [-0.39, 0.29) is 0 Å². The predicted molar refractivity (Wildman–Crippen MR) is 69.8 cm³/mol. The number of nitrogens with one attached hydrogen (secondary N) is 1. The number of hydrazine groups is 1. The molecule has 0 aliphatic carbocycles. The lowest BCUT2D eigenvalue weighted by atomic mass is 10.2. The second-order valence-electron chi connectivity index (χ2n) is 4.83. The lowest BCUT2D eigenvalue weighted by molar-refractivity contribution is -0.149. The summed E-state index contributed by atoms with van der Waals surface area (Å²) in [5, 5.41) is 0. The molecule has 8 heteroatoms.